The summed E-state index contributed by atoms with van der Waals surface area (Å²) in [5.74, 6) is 1.11. The fourth-order valence-electron chi connectivity index (χ4n) is 1.85. The minimum atomic E-state index is -0.400. The van der Waals surface area contributed by atoms with Crippen molar-refractivity contribution in [1.82, 2.24) is 15.8 Å². The van der Waals surface area contributed by atoms with Crippen LogP contribution in [0, 0.1) is 5.82 Å². The lowest BCUT2D eigenvalue weighted by Gasteiger charge is -2.05. The van der Waals surface area contributed by atoms with Crippen LogP contribution in [0.25, 0.3) is 0 Å². The molecule has 0 atom stereocenters. The summed E-state index contributed by atoms with van der Waals surface area (Å²) in [6.07, 6.45) is 4.12. The Balaban J connectivity index is 2.11. The molecule has 7 nitrogen and oxygen atoms in total. The Morgan fingerprint density at radius 1 is 1.42 bits per heavy atom. The molecule has 24 heavy (non-hydrogen) atoms. The molecule has 0 aliphatic carbocycles. The van der Waals surface area contributed by atoms with E-state index in [9.17, 15) is 9.60 Å². The predicted molar refractivity (Wildman–Crippen MR) is 95.6 cm³/mol. The van der Waals surface area contributed by atoms with Gasteiger partial charge in [0.05, 0.1) is 10.2 Å². The minimum Gasteiger partial charge on any atom is -0.365 e. The monoisotopic (exact) mass is 417 g/mol. The van der Waals surface area contributed by atoms with Gasteiger partial charge in [0.2, 0.25) is 5.82 Å². The summed E-state index contributed by atoms with van der Waals surface area (Å²) in [6, 6.07) is 4.22. The van der Waals surface area contributed by atoms with Gasteiger partial charge in [-0.05, 0) is 69.3 Å². The maximum absolute atomic E-state index is 13.3. The van der Waals surface area contributed by atoms with Crippen LogP contribution in [0.2, 0.25) is 0 Å². The van der Waals surface area contributed by atoms with E-state index in [1.54, 1.807) is 11.8 Å². The third-order valence-electron chi connectivity index (χ3n) is 3.03. The number of aliphatic imine (C=N–C) groups is 1. The Kier molecular flexibility index (Phi) is 7.47. The van der Waals surface area contributed by atoms with Gasteiger partial charge in [0.1, 0.15) is 5.82 Å². The molecule has 0 aliphatic rings. The van der Waals surface area contributed by atoms with Gasteiger partial charge in [-0.2, -0.15) is 11.8 Å². The molecule has 0 aliphatic heterocycles. The lowest BCUT2D eigenvalue weighted by atomic mass is 10.3. The van der Waals surface area contributed by atoms with E-state index in [0.29, 0.717) is 18.1 Å². The molecular formula is C14H17BrFN5O2S. The van der Waals surface area contributed by atoms with Crippen molar-refractivity contribution in [3.63, 3.8) is 0 Å². The number of unbranched alkanes of at least 4 members (excludes halogenated alkanes) is 1. The summed E-state index contributed by atoms with van der Waals surface area (Å²) >= 11 is 4.89. The molecule has 1 aromatic carbocycles. The zero-order valence-corrected chi connectivity index (χ0v) is 15.3. The van der Waals surface area contributed by atoms with Gasteiger partial charge < -0.3 is 5.32 Å². The lowest BCUT2D eigenvalue weighted by molar-refractivity contribution is 0.234. The molecule has 0 fully saturated rings. The molecule has 130 valence electrons. The zero-order chi connectivity index (χ0) is 17.4. The van der Waals surface area contributed by atoms with E-state index in [-0.39, 0.29) is 16.0 Å². The van der Waals surface area contributed by atoms with E-state index in [0.717, 1.165) is 18.6 Å². The molecule has 0 unspecified atom stereocenters. The summed E-state index contributed by atoms with van der Waals surface area (Å²) in [5.41, 5.74) is 2.64. The fourth-order valence-corrected chi connectivity index (χ4v) is 2.71. The van der Waals surface area contributed by atoms with Crippen molar-refractivity contribution in [2.45, 2.75) is 12.8 Å². The Morgan fingerprint density at radius 2 is 2.25 bits per heavy atom. The van der Waals surface area contributed by atoms with Crippen LogP contribution in [0.4, 0.5) is 15.9 Å². The highest BCUT2D eigenvalue weighted by Gasteiger charge is 2.16. The topological polar surface area (TPSA) is 95.6 Å². The van der Waals surface area contributed by atoms with E-state index in [1.165, 1.54) is 18.2 Å². The second kappa shape index (κ2) is 9.60. The molecule has 0 radical (unpaired) electrons. The number of thioether (sulfide) groups is 1. The highest BCUT2D eigenvalue weighted by molar-refractivity contribution is 9.10. The number of halogens is 2. The Bertz CT molecular complexity index is 698. The van der Waals surface area contributed by atoms with Gasteiger partial charge in [-0.1, -0.05) is 0 Å². The second-order valence-electron chi connectivity index (χ2n) is 4.76. The third kappa shape index (κ3) is 5.18. The highest BCUT2D eigenvalue weighted by atomic mass is 79.9. The third-order valence-corrected chi connectivity index (χ3v) is 4.34. The summed E-state index contributed by atoms with van der Waals surface area (Å²) < 4.78 is 18.3. The van der Waals surface area contributed by atoms with Gasteiger partial charge in [-0.15, -0.1) is 0 Å². The maximum Gasteiger partial charge on any atom is 0.202 e. The van der Waals surface area contributed by atoms with Gasteiger partial charge >= 0.3 is 0 Å². The van der Waals surface area contributed by atoms with Crippen molar-refractivity contribution in [1.29, 1.82) is 0 Å². The van der Waals surface area contributed by atoms with Gasteiger partial charge in [-0.25, -0.2) is 14.0 Å². The predicted octanol–water partition coefficient (Wildman–Crippen LogP) is 3.58. The largest absolute Gasteiger partial charge is 0.365 e. The Labute approximate surface area is 151 Å². The van der Waals surface area contributed by atoms with Crippen LogP contribution in [0.15, 0.2) is 32.3 Å². The molecular weight excluding hydrogens is 401 g/mol. The number of hydrogen-bond acceptors (Lipinski definition) is 7. The van der Waals surface area contributed by atoms with E-state index < -0.39 is 5.82 Å². The average molecular weight is 418 g/mol. The van der Waals surface area contributed by atoms with Crippen molar-refractivity contribution in [3.8, 4) is 0 Å². The van der Waals surface area contributed by atoms with Crippen LogP contribution in [0.5, 0.6) is 0 Å². The van der Waals surface area contributed by atoms with E-state index in [2.05, 4.69) is 42.8 Å². The SMILES string of the molecule is CSCCCCNc1nonc1C(=Nc1ccc(F)c(Br)c1)NO. The summed E-state index contributed by atoms with van der Waals surface area (Å²) in [4.78, 5) is 4.19. The first-order valence-corrected chi connectivity index (χ1v) is 9.34. The minimum absolute atomic E-state index is 0.0429. The van der Waals surface area contributed by atoms with E-state index in [1.807, 2.05) is 5.48 Å². The van der Waals surface area contributed by atoms with Gasteiger partial charge in [0.25, 0.3) is 0 Å². The van der Waals surface area contributed by atoms with Crippen LogP contribution in [0.1, 0.15) is 18.5 Å². The first-order valence-electron chi connectivity index (χ1n) is 7.15. The molecule has 0 bridgehead atoms. The molecule has 2 rings (SSSR count). The van der Waals surface area contributed by atoms with Crippen LogP contribution < -0.4 is 10.8 Å². The molecule has 3 N–H and O–H groups in total. The molecule has 2 aromatic rings. The first-order chi connectivity index (χ1) is 11.7. The highest BCUT2D eigenvalue weighted by Crippen LogP contribution is 2.23. The number of nitrogens with one attached hydrogen (secondary N) is 2. The summed E-state index contributed by atoms with van der Waals surface area (Å²) in [7, 11) is 0. The van der Waals surface area contributed by atoms with Crippen LogP contribution in [0.3, 0.4) is 0 Å². The van der Waals surface area contributed by atoms with Crippen molar-refractivity contribution >= 4 is 45.0 Å². The van der Waals surface area contributed by atoms with Gasteiger partial charge in [-0.3, -0.25) is 10.7 Å². The Hall–Kier alpha value is -1.65. The van der Waals surface area contributed by atoms with Gasteiger partial charge in [0, 0.05) is 6.54 Å². The number of benzene rings is 1. The summed E-state index contributed by atoms with van der Waals surface area (Å²) in [6.45, 7) is 0.697. The van der Waals surface area contributed by atoms with Crippen molar-refractivity contribution < 1.29 is 14.2 Å². The number of anilines is 1. The molecule has 1 aromatic heterocycles. The van der Waals surface area contributed by atoms with Crippen molar-refractivity contribution in [2.75, 3.05) is 23.9 Å². The Morgan fingerprint density at radius 3 is 2.96 bits per heavy atom. The standard InChI is InChI=1S/C14H17BrFN5O2S/c1-24-7-3-2-6-17-13-12(20-23-21-13)14(19-22)18-9-4-5-11(16)10(15)8-9/h4-5,8,22H,2-3,6-7H2,1H3,(H,17,21)(H,18,19). The van der Waals surface area contributed by atoms with Crippen LogP contribution in [-0.2, 0) is 0 Å². The fraction of sp³-hybridized carbons (Fsp3) is 0.357. The number of aromatic nitrogens is 2. The normalized spacial score (nSPS) is 11.6. The van der Waals surface area contributed by atoms with E-state index in [4.69, 9.17) is 4.63 Å². The molecule has 1 heterocycles. The number of hydrogen-bond donors (Lipinski definition) is 3. The molecule has 0 amide bonds. The molecule has 0 saturated heterocycles. The number of hydroxylamine groups is 1. The molecule has 0 saturated carbocycles. The maximum atomic E-state index is 13.3. The lowest BCUT2D eigenvalue weighted by Crippen LogP contribution is -2.22. The van der Waals surface area contributed by atoms with Crippen molar-refractivity contribution in [2.24, 2.45) is 4.99 Å². The van der Waals surface area contributed by atoms with E-state index >= 15 is 0 Å². The zero-order valence-electron chi connectivity index (χ0n) is 12.9. The first kappa shape index (κ1) is 18.7. The molecule has 10 heteroatoms. The molecule has 0 spiro atoms. The van der Waals surface area contributed by atoms with Crippen LogP contribution in [-0.4, -0.2) is 39.9 Å². The number of rotatable bonds is 8. The quantitative estimate of drug-likeness (QED) is 0.261. The second-order valence-corrected chi connectivity index (χ2v) is 6.60. The summed E-state index contributed by atoms with van der Waals surface area (Å²) in [5, 5.41) is 20.0. The number of amidine groups is 1. The smallest absolute Gasteiger partial charge is 0.202 e. The average Bonchev–Trinajstić information content (AvgIpc) is 3.04. The van der Waals surface area contributed by atoms with Crippen LogP contribution >= 0.6 is 27.7 Å². The number of nitrogens with zero attached hydrogens (tertiary/aromatic N) is 3. The van der Waals surface area contributed by atoms with Crippen molar-refractivity contribution in [3.05, 3.63) is 34.2 Å². The van der Waals surface area contributed by atoms with Gasteiger partial charge in [0.15, 0.2) is 11.5 Å².